The second-order valence-corrected chi connectivity index (χ2v) is 30.8. The van der Waals surface area contributed by atoms with Gasteiger partial charge in [-0.15, -0.1) is 11.8 Å². The molecular formula is C93H103F2N9O12S. The van der Waals surface area contributed by atoms with Crippen molar-refractivity contribution in [3.63, 3.8) is 0 Å². The Morgan fingerprint density at radius 1 is 0.436 bits per heavy atom. The third kappa shape index (κ3) is 20.6. The van der Waals surface area contributed by atoms with E-state index in [1.54, 1.807) is 43.7 Å². The number of aromatic hydroxyl groups is 1. The number of benzene rings is 9. The molecule has 12 aromatic rings. The molecule has 612 valence electrons. The number of anilines is 3. The summed E-state index contributed by atoms with van der Waals surface area (Å²) in [5.41, 5.74) is 15.4. The number of fused-ring (bicyclic) bond motifs is 3. The summed E-state index contributed by atoms with van der Waals surface area (Å²) >= 11 is 1.62. The van der Waals surface area contributed by atoms with Gasteiger partial charge in [0.25, 0.3) is 0 Å². The topological polar surface area (TPSA) is 235 Å². The molecular weight excluding hydrogens is 1510 g/mol. The Labute approximate surface area is 685 Å². The third-order valence-electron chi connectivity index (χ3n) is 21.5. The maximum absolute atomic E-state index is 14.4. The van der Waals surface area contributed by atoms with Gasteiger partial charge < -0.3 is 59.0 Å². The van der Waals surface area contributed by atoms with Crippen molar-refractivity contribution >= 4 is 79.3 Å². The Bertz CT molecular complexity index is 5490. The molecule has 0 atom stereocenters. The van der Waals surface area contributed by atoms with E-state index in [0.29, 0.717) is 60.0 Å². The number of aromatic nitrogens is 6. The maximum Gasteiger partial charge on any atom is 0.168 e. The molecule has 24 heteroatoms. The number of methoxy groups -OCH3 is 2. The van der Waals surface area contributed by atoms with Crippen LogP contribution in [0.2, 0.25) is 0 Å². The number of phenols is 1. The number of ketones is 3. The number of nitrogens with one attached hydrogen (secondary N) is 3. The second-order valence-electron chi connectivity index (χ2n) is 29.9. The number of rotatable bonds is 30. The first-order valence-electron chi connectivity index (χ1n) is 40.4. The van der Waals surface area contributed by atoms with Crippen molar-refractivity contribution in [3.05, 3.63) is 210 Å². The van der Waals surface area contributed by atoms with Crippen LogP contribution in [0.5, 0.6) is 51.7 Å². The number of hydrogen-bond donors (Lipinski definition) is 4. The highest BCUT2D eigenvalue weighted by Gasteiger charge is 2.24. The Hall–Kier alpha value is -11.3. The van der Waals surface area contributed by atoms with Crippen LogP contribution in [0, 0.1) is 50.2 Å². The molecule has 3 aliphatic rings. The predicted molar refractivity (Wildman–Crippen MR) is 457 cm³/mol. The van der Waals surface area contributed by atoms with E-state index in [4.69, 9.17) is 52.8 Å². The van der Waals surface area contributed by atoms with E-state index < -0.39 is 17.4 Å². The van der Waals surface area contributed by atoms with Crippen LogP contribution in [-0.2, 0) is 14.2 Å². The van der Waals surface area contributed by atoms with Crippen molar-refractivity contribution in [2.24, 2.45) is 17.8 Å². The molecule has 0 spiro atoms. The highest BCUT2D eigenvalue weighted by Crippen LogP contribution is 2.41. The van der Waals surface area contributed by atoms with Gasteiger partial charge in [0.15, 0.2) is 40.5 Å². The van der Waals surface area contributed by atoms with Crippen molar-refractivity contribution in [1.82, 2.24) is 28.7 Å². The summed E-state index contributed by atoms with van der Waals surface area (Å²) in [6.07, 6.45) is 17.6. The fraction of sp³-hybridized carbons (Fsp3) is 0.355. The minimum atomic E-state index is -0.750. The fourth-order valence-electron chi connectivity index (χ4n) is 15.1. The van der Waals surface area contributed by atoms with E-state index in [9.17, 15) is 28.3 Å². The summed E-state index contributed by atoms with van der Waals surface area (Å²) in [7, 11) is 3.10. The first-order chi connectivity index (χ1) is 56.9. The number of thioether (sulfide) groups is 1. The number of ether oxygens (including phenoxy) is 8. The fourth-order valence-corrected chi connectivity index (χ4v) is 15.6. The van der Waals surface area contributed by atoms with Crippen molar-refractivity contribution in [2.45, 2.75) is 123 Å². The molecule has 0 radical (unpaired) electrons. The molecule has 3 fully saturated rings. The van der Waals surface area contributed by atoms with Gasteiger partial charge in [-0.25, -0.2) is 23.7 Å². The average Bonchev–Trinajstić information content (AvgIpc) is 1.66. The van der Waals surface area contributed by atoms with Gasteiger partial charge in [-0.3, -0.25) is 28.1 Å². The molecule has 117 heavy (non-hydrogen) atoms. The lowest BCUT2D eigenvalue weighted by atomic mass is 10.0. The highest BCUT2D eigenvalue weighted by molar-refractivity contribution is 7.98. The summed E-state index contributed by atoms with van der Waals surface area (Å²) in [5, 5.41) is 20.3. The molecule has 9 aromatic carbocycles. The lowest BCUT2D eigenvalue weighted by molar-refractivity contribution is 0.0698. The Morgan fingerprint density at radius 3 is 1.09 bits per heavy atom. The van der Waals surface area contributed by atoms with Gasteiger partial charge in [0.1, 0.15) is 75.8 Å². The quantitative estimate of drug-likeness (QED) is 0.0242. The summed E-state index contributed by atoms with van der Waals surface area (Å²) < 4.78 is 79.9. The molecule has 3 saturated heterocycles. The third-order valence-corrected chi connectivity index (χ3v) is 22.3. The Morgan fingerprint density at radius 2 is 0.769 bits per heavy atom. The second kappa shape index (κ2) is 39.6. The van der Waals surface area contributed by atoms with Crippen LogP contribution in [0.4, 0.5) is 25.8 Å². The highest BCUT2D eigenvalue weighted by atomic mass is 32.2. The lowest BCUT2D eigenvalue weighted by Gasteiger charge is -2.23. The number of carbonyl (C=O) groups is 3. The molecule has 0 amide bonds. The van der Waals surface area contributed by atoms with Crippen LogP contribution >= 0.6 is 11.8 Å². The molecule has 3 aromatic heterocycles. The summed E-state index contributed by atoms with van der Waals surface area (Å²) in [6.45, 7) is 19.0. The molecule has 6 heterocycles. The van der Waals surface area contributed by atoms with Crippen molar-refractivity contribution < 1.29 is 66.2 Å². The number of imidazole rings is 3. The van der Waals surface area contributed by atoms with E-state index in [1.165, 1.54) is 25.3 Å². The summed E-state index contributed by atoms with van der Waals surface area (Å²) in [6, 6.07) is 43.5. The Kier molecular flexibility index (Phi) is 28.3. The Balaban J connectivity index is 0.000000152. The largest absolute Gasteiger partial charge is 0.505 e. The van der Waals surface area contributed by atoms with E-state index in [2.05, 4.69) is 26.6 Å². The lowest BCUT2D eigenvalue weighted by Crippen LogP contribution is -2.22. The monoisotopic (exact) mass is 1610 g/mol. The number of nitrogens with zero attached hydrogens (tertiary/aromatic N) is 6. The summed E-state index contributed by atoms with van der Waals surface area (Å²) in [5.74, 6) is 4.48. The number of halogens is 2. The standard InChI is InChI=1S/C32H37N3O4S.C31H34FN3O4.C30H32FN3O4/c1-5-6-29(36)26-9-7-23(15-21(26)2)35-20-34-32-27(33-19-22-11-13-38-14-12-22)16-25(17-28(32)35)39-24-8-10-30(37-3)31(18-24)40-4;1-4-5-29(36)25-8-6-22(14-20(25)2)35-19-34-31-27(33-18-21-10-12-38-13-11-21)16-24(17-28(31)35)39-23-7-9-30(37-3)26(32)15-23;1-3-4-28(35)24-7-5-21(13-19(24)2)34-18-33-30-26(32-17-20-9-11-37-12-10-20)15-23(16-27(30)34)38-22-6-8-29(36)25(31)14-22/h7-10,15-18,20,22,33H,5-6,11-14,19H2,1-4H3;6-9,14-17,19,21,33H,4-5,10-13,18H2,1-3H3;5-8,13-16,18,20,32,36H,3-4,9-12,17H2,1-2H3. The van der Waals surface area contributed by atoms with Gasteiger partial charge in [-0.05, 0) is 216 Å². The minimum Gasteiger partial charge on any atom is -0.505 e. The van der Waals surface area contributed by atoms with Crippen molar-refractivity contribution in [1.29, 1.82) is 0 Å². The van der Waals surface area contributed by atoms with E-state index in [1.807, 2.05) is 166 Å². The van der Waals surface area contributed by atoms with Crippen LogP contribution in [0.15, 0.2) is 169 Å². The first-order valence-corrected chi connectivity index (χ1v) is 41.6. The van der Waals surface area contributed by atoms with Crippen molar-refractivity contribution in [2.75, 3.05) is 95.7 Å². The van der Waals surface area contributed by atoms with Gasteiger partial charge >= 0.3 is 0 Å². The first kappa shape index (κ1) is 83.6. The molecule has 0 bridgehead atoms. The van der Waals surface area contributed by atoms with Crippen molar-refractivity contribution in [3.8, 4) is 68.8 Å². The van der Waals surface area contributed by atoms with Gasteiger partial charge in [0.2, 0.25) is 0 Å². The molecule has 0 aliphatic carbocycles. The number of carbonyl (C=O) groups excluding carboxylic acids is 3. The number of hydrogen-bond acceptors (Lipinski definition) is 19. The molecule has 0 saturated carbocycles. The minimum absolute atomic E-state index is 0.142. The zero-order valence-electron chi connectivity index (χ0n) is 68.0. The van der Waals surface area contributed by atoms with Crippen LogP contribution in [0.25, 0.3) is 50.2 Å². The normalized spacial score (nSPS) is 14.0. The van der Waals surface area contributed by atoms with E-state index >= 15 is 0 Å². The van der Waals surface area contributed by atoms with Crippen LogP contribution in [0.3, 0.4) is 0 Å². The number of Topliss-reactive ketones (excluding diaryl/α,β-unsaturated/α-hetero) is 3. The van der Waals surface area contributed by atoms with Crippen LogP contribution in [-0.4, -0.2) is 131 Å². The average molecular weight is 1610 g/mol. The van der Waals surface area contributed by atoms with Gasteiger partial charge in [-0.2, -0.15) is 0 Å². The predicted octanol–water partition coefficient (Wildman–Crippen LogP) is 21.6. The number of phenolic OH excluding ortho intramolecular Hbond substituents is 1. The smallest absolute Gasteiger partial charge is 0.168 e. The van der Waals surface area contributed by atoms with E-state index in [-0.39, 0.29) is 28.8 Å². The molecule has 3 aliphatic heterocycles. The maximum atomic E-state index is 14.4. The zero-order valence-corrected chi connectivity index (χ0v) is 68.8. The molecule has 0 unspecified atom stereocenters. The SMILES string of the molecule is CCCC(=O)c1ccc(-n2cnc3c(NCC4CCOCC4)cc(Oc4ccc(O)c(F)c4)cc32)cc1C.CCCC(=O)c1ccc(-n2cnc3c(NCC4CCOCC4)cc(Oc4ccc(OC)c(F)c4)cc32)cc1C.CCCC(=O)c1ccc(-n2cnc3c(NCC4CCOCC4)cc(Oc4ccc(OC)c(SC)c4)cc32)cc1C. The van der Waals surface area contributed by atoms with Gasteiger partial charge in [-0.1, -0.05) is 20.8 Å². The molecule has 21 nitrogen and oxygen atoms in total. The van der Waals surface area contributed by atoms with Crippen LogP contribution < -0.4 is 39.6 Å². The molecule has 15 rings (SSSR count). The van der Waals surface area contributed by atoms with Gasteiger partial charge in [0.05, 0.1) is 52.7 Å². The number of aryl methyl sites for hydroxylation is 3. The van der Waals surface area contributed by atoms with Gasteiger partial charge in [0, 0.05) is 161 Å². The zero-order chi connectivity index (χ0) is 82.1. The van der Waals surface area contributed by atoms with E-state index in [0.717, 1.165) is 240 Å². The van der Waals surface area contributed by atoms with Crippen LogP contribution in [0.1, 0.15) is 146 Å². The summed E-state index contributed by atoms with van der Waals surface area (Å²) in [4.78, 5) is 52.8. The molecule has 4 N–H and O–H groups in total.